The third kappa shape index (κ3) is 3.74. The molecule has 0 spiro atoms. The van der Waals surface area contributed by atoms with E-state index in [1.807, 2.05) is 12.1 Å². The highest BCUT2D eigenvalue weighted by Crippen LogP contribution is 2.29. The molecular formula is C19H20N2O2S. The molecule has 5 heteroatoms. The van der Waals surface area contributed by atoms with Crippen molar-refractivity contribution in [2.24, 2.45) is 0 Å². The second-order valence-corrected chi connectivity index (χ2v) is 6.22. The van der Waals surface area contributed by atoms with E-state index in [0.717, 1.165) is 24.9 Å². The van der Waals surface area contributed by atoms with Gasteiger partial charge in [-0.3, -0.25) is 0 Å². The van der Waals surface area contributed by atoms with Gasteiger partial charge in [0.05, 0.1) is 18.7 Å². The van der Waals surface area contributed by atoms with Crippen molar-refractivity contribution >= 4 is 29.0 Å². The molecule has 0 aliphatic heterocycles. The van der Waals surface area contributed by atoms with Crippen molar-refractivity contribution in [2.75, 3.05) is 12.4 Å². The molecule has 0 aromatic heterocycles. The highest BCUT2D eigenvalue weighted by Gasteiger charge is 2.20. The van der Waals surface area contributed by atoms with E-state index in [0.29, 0.717) is 10.7 Å². The molecule has 4 nitrogen and oxygen atoms in total. The zero-order valence-electron chi connectivity index (χ0n) is 13.5. The molecule has 2 N–H and O–H groups in total. The van der Waals surface area contributed by atoms with Crippen LogP contribution in [0.25, 0.3) is 0 Å². The van der Waals surface area contributed by atoms with Crippen LogP contribution in [0.1, 0.15) is 40.4 Å². The van der Waals surface area contributed by atoms with Gasteiger partial charge in [0.1, 0.15) is 0 Å². The van der Waals surface area contributed by atoms with Gasteiger partial charge in [0.2, 0.25) is 0 Å². The predicted molar refractivity (Wildman–Crippen MR) is 99.3 cm³/mol. The lowest BCUT2D eigenvalue weighted by Crippen LogP contribution is -2.34. The number of methoxy groups -OCH3 is 1. The number of hydrogen-bond donors (Lipinski definition) is 2. The molecule has 3 rings (SSSR count). The summed E-state index contributed by atoms with van der Waals surface area (Å²) in [7, 11) is 1.37. The molecule has 1 aliphatic carbocycles. The average molecular weight is 340 g/mol. The Hall–Kier alpha value is -2.40. The molecule has 1 aliphatic rings. The summed E-state index contributed by atoms with van der Waals surface area (Å²) < 4.78 is 4.69. The lowest BCUT2D eigenvalue weighted by molar-refractivity contribution is 0.0601. The van der Waals surface area contributed by atoms with E-state index < -0.39 is 0 Å². The molecular weight excluding hydrogens is 320 g/mol. The number of ether oxygens (including phenoxy) is 1. The van der Waals surface area contributed by atoms with Gasteiger partial charge < -0.3 is 15.4 Å². The fourth-order valence-electron chi connectivity index (χ4n) is 3.04. The van der Waals surface area contributed by atoms with Gasteiger partial charge in [0.25, 0.3) is 0 Å². The maximum absolute atomic E-state index is 11.4. The number of aryl methyl sites for hydroxylation is 1. The van der Waals surface area contributed by atoms with Gasteiger partial charge in [0, 0.05) is 5.69 Å². The fraction of sp³-hybridized carbons (Fsp3) is 0.263. The van der Waals surface area contributed by atoms with Crippen molar-refractivity contribution in [1.82, 2.24) is 5.32 Å². The Labute approximate surface area is 147 Å². The van der Waals surface area contributed by atoms with Crippen LogP contribution in [-0.2, 0) is 11.2 Å². The van der Waals surface area contributed by atoms with Crippen LogP contribution in [0, 0.1) is 0 Å². The van der Waals surface area contributed by atoms with Crippen LogP contribution < -0.4 is 10.6 Å². The van der Waals surface area contributed by atoms with E-state index in [9.17, 15) is 4.79 Å². The third-order valence-corrected chi connectivity index (χ3v) is 4.46. The molecule has 24 heavy (non-hydrogen) atoms. The first kappa shape index (κ1) is 16.5. The summed E-state index contributed by atoms with van der Waals surface area (Å²) in [5, 5.41) is 7.16. The van der Waals surface area contributed by atoms with Gasteiger partial charge in [-0.1, -0.05) is 24.3 Å². The Kier molecular flexibility index (Phi) is 5.11. The van der Waals surface area contributed by atoms with Crippen molar-refractivity contribution in [2.45, 2.75) is 25.3 Å². The Bertz CT molecular complexity index is 743. The normalized spacial score (nSPS) is 16.0. The number of hydrogen-bond acceptors (Lipinski definition) is 3. The number of rotatable bonds is 3. The molecule has 124 valence electrons. The smallest absolute Gasteiger partial charge is 0.337 e. The minimum absolute atomic E-state index is 0.240. The zero-order chi connectivity index (χ0) is 16.9. The minimum Gasteiger partial charge on any atom is -0.465 e. The Morgan fingerprint density at radius 3 is 2.67 bits per heavy atom. The van der Waals surface area contributed by atoms with Gasteiger partial charge >= 0.3 is 5.97 Å². The lowest BCUT2D eigenvalue weighted by atomic mass is 9.88. The van der Waals surface area contributed by atoms with Crippen LogP contribution in [0.5, 0.6) is 0 Å². The molecule has 0 fully saturated rings. The minimum atomic E-state index is -0.346. The summed E-state index contributed by atoms with van der Waals surface area (Å²) in [6.45, 7) is 0. The number of anilines is 1. The number of benzene rings is 2. The molecule has 1 atom stereocenters. The van der Waals surface area contributed by atoms with Crippen LogP contribution in [0.3, 0.4) is 0 Å². The van der Waals surface area contributed by atoms with E-state index in [4.69, 9.17) is 17.0 Å². The van der Waals surface area contributed by atoms with E-state index in [1.54, 1.807) is 12.1 Å². The zero-order valence-corrected chi connectivity index (χ0v) is 14.4. The summed E-state index contributed by atoms with van der Waals surface area (Å²) >= 11 is 5.44. The first-order valence-corrected chi connectivity index (χ1v) is 8.42. The van der Waals surface area contributed by atoms with Crippen molar-refractivity contribution < 1.29 is 9.53 Å². The maximum atomic E-state index is 11.4. The van der Waals surface area contributed by atoms with Crippen LogP contribution in [-0.4, -0.2) is 18.2 Å². The summed E-state index contributed by atoms with van der Waals surface area (Å²) in [6, 6.07) is 15.8. The second-order valence-electron chi connectivity index (χ2n) is 5.81. The summed E-state index contributed by atoms with van der Waals surface area (Å²) in [4.78, 5) is 11.4. The predicted octanol–water partition coefficient (Wildman–Crippen LogP) is 3.84. The molecule has 0 saturated carbocycles. The molecule has 0 radical (unpaired) electrons. The number of carbonyl (C=O) groups is 1. The summed E-state index contributed by atoms with van der Waals surface area (Å²) in [5.74, 6) is -0.346. The van der Waals surface area contributed by atoms with Gasteiger partial charge in [-0.25, -0.2) is 4.79 Å². The molecule has 0 bridgehead atoms. The second kappa shape index (κ2) is 7.45. The quantitative estimate of drug-likeness (QED) is 0.657. The van der Waals surface area contributed by atoms with Crippen LogP contribution in [0.4, 0.5) is 5.69 Å². The van der Waals surface area contributed by atoms with E-state index in [2.05, 4.69) is 34.9 Å². The molecule has 1 unspecified atom stereocenters. The Morgan fingerprint density at radius 1 is 1.17 bits per heavy atom. The Balaban J connectivity index is 1.63. The molecule has 0 heterocycles. The molecule has 0 saturated heterocycles. The third-order valence-electron chi connectivity index (χ3n) is 4.24. The topological polar surface area (TPSA) is 50.4 Å². The van der Waals surface area contributed by atoms with E-state index in [-0.39, 0.29) is 12.0 Å². The Morgan fingerprint density at radius 2 is 1.92 bits per heavy atom. The number of nitrogens with one attached hydrogen (secondary N) is 2. The summed E-state index contributed by atoms with van der Waals surface area (Å²) in [5.41, 5.74) is 4.08. The first-order valence-electron chi connectivity index (χ1n) is 8.01. The van der Waals surface area contributed by atoms with Crippen LogP contribution in [0.2, 0.25) is 0 Å². The van der Waals surface area contributed by atoms with Gasteiger partial charge in [-0.05, 0) is 66.9 Å². The maximum Gasteiger partial charge on any atom is 0.337 e. The number of carbonyl (C=O) groups excluding carboxylic acids is 1. The van der Waals surface area contributed by atoms with Crippen molar-refractivity contribution in [3.05, 3.63) is 65.2 Å². The van der Waals surface area contributed by atoms with Gasteiger partial charge in [0.15, 0.2) is 5.11 Å². The fourth-order valence-corrected chi connectivity index (χ4v) is 3.30. The first-order chi connectivity index (χ1) is 11.7. The number of esters is 1. The van der Waals surface area contributed by atoms with Gasteiger partial charge in [-0.15, -0.1) is 0 Å². The van der Waals surface area contributed by atoms with Crippen LogP contribution >= 0.6 is 12.2 Å². The highest BCUT2D eigenvalue weighted by atomic mass is 32.1. The largest absolute Gasteiger partial charge is 0.465 e. The molecule has 2 aromatic carbocycles. The monoisotopic (exact) mass is 340 g/mol. The summed E-state index contributed by atoms with van der Waals surface area (Å²) in [6.07, 6.45) is 3.36. The number of fused-ring (bicyclic) bond motifs is 1. The van der Waals surface area contributed by atoms with Crippen LogP contribution in [0.15, 0.2) is 48.5 Å². The molecule has 0 amide bonds. The van der Waals surface area contributed by atoms with Crippen molar-refractivity contribution in [3.8, 4) is 0 Å². The SMILES string of the molecule is COC(=O)c1ccc(NC(=S)NC2CCCc3ccccc32)cc1. The van der Waals surface area contributed by atoms with Crippen molar-refractivity contribution in [1.29, 1.82) is 0 Å². The standard InChI is InChI=1S/C19H20N2O2S/c1-23-18(22)14-9-11-15(12-10-14)20-19(24)21-17-8-4-6-13-5-2-3-7-16(13)17/h2-3,5,7,9-12,17H,4,6,8H2,1H3,(H2,20,21,24). The average Bonchev–Trinajstić information content (AvgIpc) is 2.62. The van der Waals surface area contributed by atoms with Crippen molar-refractivity contribution in [3.63, 3.8) is 0 Å². The number of thiocarbonyl (C=S) groups is 1. The van der Waals surface area contributed by atoms with E-state index >= 15 is 0 Å². The van der Waals surface area contributed by atoms with Gasteiger partial charge in [-0.2, -0.15) is 0 Å². The molecule has 2 aromatic rings. The highest BCUT2D eigenvalue weighted by molar-refractivity contribution is 7.80. The lowest BCUT2D eigenvalue weighted by Gasteiger charge is -2.27. The van der Waals surface area contributed by atoms with E-state index in [1.165, 1.54) is 18.2 Å².